The lowest BCUT2D eigenvalue weighted by Gasteiger charge is -2.28. The molecule has 9 heteroatoms. The molecule has 0 aliphatic heterocycles. The molecule has 1 aliphatic rings. The van der Waals surface area contributed by atoms with Crippen LogP contribution in [0.4, 0.5) is 5.69 Å². The van der Waals surface area contributed by atoms with Crippen LogP contribution in [0.5, 0.6) is 0 Å². The van der Waals surface area contributed by atoms with Crippen molar-refractivity contribution in [3.63, 3.8) is 0 Å². The van der Waals surface area contributed by atoms with Crippen molar-refractivity contribution in [2.45, 2.75) is 57.7 Å². The molecule has 1 aliphatic carbocycles. The summed E-state index contributed by atoms with van der Waals surface area (Å²) < 4.78 is 1.97. The van der Waals surface area contributed by atoms with Gasteiger partial charge in [-0.15, -0.1) is 0 Å². The molecule has 2 heterocycles. The van der Waals surface area contributed by atoms with Crippen LogP contribution in [0, 0.1) is 0 Å². The van der Waals surface area contributed by atoms with E-state index in [0.717, 1.165) is 64.7 Å². The molecule has 6 N–H and O–H groups in total. The van der Waals surface area contributed by atoms with E-state index in [1.807, 2.05) is 61.0 Å². The second-order valence-electron chi connectivity index (χ2n) is 10.5. The number of primary amides is 1. The fourth-order valence-corrected chi connectivity index (χ4v) is 5.14. The number of nitrogens with two attached hydrogens (primary N) is 2. The number of nitrogens with zero attached hydrogens (tertiary/aromatic N) is 4. The van der Waals surface area contributed by atoms with E-state index in [1.54, 1.807) is 24.8 Å². The molecule has 5 rings (SSSR count). The Bertz CT molecular complexity index is 1580. The maximum atomic E-state index is 12.2. The van der Waals surface area contributed by atoms with Gasteiger partial charge in [-0.1, -0.05) is 18.2 Å². The highest BCUT2D eigenvalue weighted by molar-refractivity contribution is 6.09. The maximum Gasteiger partial charge on any atom is 0.250 e. The number of hydrogen-bond acceptors (Lipinski definition) is 7. The van der Waals surface area contributed by atoms with Crippen LogP contribution in [-0.2, 0) is 0 Å². The molecule has 1 saturated carbocycles. The first-order valence-corrected chi connectivity index (χ1v) is 13.6. The third kappa shape index (κ3) is 5.74. The number of hydrogen-bond donors (Lipinski definition) is 4. The molecule has 206 valence electrons. The molecule has 0 saturated heterocycles. The van der Waals surface area contributed by atoms with Gasteiger partial charge in [0.2, 0.25) is 0 Å². The highest BCUT2D eigenvalue weighted by Crippen LogP contribution is 2.33. The predicted octanol–water partition coefficient (Wildman–Crippen LogP) is 4.68. The second-order valence-corrected chi connectivity index (χ2v) is 10.5. The highest BCUT2D eigenvalue weighted by Gasteiger charge is 2.21. The summed E-state index contributed by atoms with van der Waals surface area (Å²) in [4.78, 5) is 26.0. The van der Waals surface area contributed by atoms with Gasteiger partial charge < -0.3 is 26.5 Å². The molecule has 2 aromatic heterocycles. The summed E-state index contributed by atoms with van der Waals surface area (Å²) in [6.07, 6.45) is 11.6. The third-order valence-corrected chi connectivity index (χ3v) is 7.25. The van der Waals surface area contributed by atoms with Crippen molar-refractivity contribution in [2.75, 3.05) is 5.32 Å². The molecule has 1 fully saturated rings. The zero-order valence-electron chi connectivity index (χ0n) is 22.8. The van der Waals surface area contributed by atoms with E-state index in [4.69, 9.17) is 16.5 Å². The minimum Gasteiger partial charge on any atom is -0.404 e. The van der Waals surface area contributed by atoms with Gasteiger partial charge >= 0.3 is 0 Å². The molecular formula is C31H35N7O2. The number of nitrogens with one attached hydrogen (secondary N) is 1. The number of aliphatic hydroxyl groups is 1. The number of rotatable bonds is 8. The highest BCUT2D eigenvalue weighted by atomic mass is 16.3. The van der Waals surface area contributed by atoms with Crippen molar-refractivity contribution in [1.29, 1.82) is 0 Å². The Morgan fingerprint density at radius 1 is 1.12 bits per heavy atom. The number of aromatic nitrogens is 3. The predicted molar refractivity (Wildman–Crippen MR) is 160 cm³/mol. The molecule has 2 aromatic carbocycles. The van der Waals surface area contributed by atoms with Gasteiger partial charge in [0, 0.05) is 64.5 Å². The standard InChI is InChI=1S/C31H35N7O2/c1-19(2)35-16-21(15-32)28-17-38(18-36-28)29-5-3-4-25-24(29)12-13-34-30(25)20-6-11-26(31(33)40)27(14-20)37-22-7-9-23(39)10-8-22/h3-6,11-19,22-23,37,39H,7-10,32H2,1-2H3,(H2,33,40). The summed E-state index contributed by atoms with van der Waals surface area (Å²) in [6, 6.07) is 14.0. The number of carbonyl (C=O) groups is 1. The van der Waals surface area contributed by atoms with E-state index in [1.165, 1.54) is 6.20 Å². The molecule has 40 heavy (non-hydrogen) atoms. The van der Waals surface area contributed by atoms with Gasteiger partial charge in [0.15, 0.2) is 0 Å². The van der Waals surface area contributed by atoms with Crippen molar-refractivity contribution in [1.82, 2.24) is 14.5 Å². The number of anilines is 1. The molecule has 0 radical (unpaired) electrons. The molecule has 1 amide bonds. The first-order valence-electron chi connectivity index (χ1n) is 13.6. The van der Waals surface area contributed by atoms with E-state index in [-0.39, 0.29) is 18.2 Å². The van der Waals surface area contributed by atoms with Crippen molar-refractivity contribution in [3.05, 3.63) is 78.6 Å². The smallest absolute Gasteiger partial charge is 0.250 e. The quantitative estimate of drug-likeness (QED) is 0.240. The number of benzene rings is 2. The van der Waals surface area contributed by atoms with E-state index < -0.39 is 5.91 Å². The molecule has 0 atom stereocenters. The summed E-state index contributed by atoms with van der Waals surface area (Å²) in [5.41, 5.74) is 16.8. The number of imidazole rings is 1. The largest absolute Gasteiger partial charge is 0.404 e. The lowest BCUT2D eigenvalue weighted by atomic mass is 9.92. The Balaban J connectivity index is 1.52. The summed E-state index contributed by atoms with van der Waals surface area (Å²) in [5, 5.41) is 15.4. The van der Waals surface area contributed by atoms with Crippen LogP contribution < -0.4 is 16.8 Å². The zero-order chi connectivity index (χ0) is 28.2. The van der Waals surface area contributed by atoms with Gasteiger partial charge in [-0.25, -0.2) is 4.98 Å². The number of aliphatic imine (C=N–C) groups is 1. The van der Waals surface area contributed by atoms with Crippen molar-refractivity contribution in [3.8, 4) is 16.9 Å². The minimum atomic E-state index is -0.488. The summed E-state index contributed by atoms with van der Waals surface area (Å²) in [7, 11) is 0. The van der Waals surface area contributed by atoms with Crippen LogP contribution in [0.15, 0.2) is 72.4 Å². The SMILES string of the molecule is CC(C)N=CC(=CN)c1cn(-c2cccc3c(-c4ccc(C(N)=O)c(NC5CCC(O)CC5)c4)nccc23)cn1. The van der Waals surface area contributed by atoms with Gasteiger partial charge in [0.1, 0.15) is 0 Å². The van der Waals surface area contributed by atoms with Gasteiger partial charge in [0.05, 0.1) is 35.1 Å². The van der Waals surface area contributed by atoms with E-state index in [0.29, 0.717) is 11.3 Å². The van der Waals surface area contributed by atoms with Gasteiger partial charge in [0.25, 0.3) is 5.91 Å². The Hall–Kier alpha value is -4.50. The van der Waals surface area contributed by atoms with Crippen molar-refractivity contribution >= 4 is 34.2 Å². The fraction of sp³-hybridized carbons (Fsp3) is 0.290. The Morgan fingerprint density at radius 2 is 1.93 bits per heavy atom. The number of carbonyl (C=O) groups excluding carboxylic acids is 1. The van der Waals surface area contributed by atoms with Gasteiger partial charge in [-0.3, -0.25) is 14.8 Å². The first kappa shape index (κ1) is 27.1. The number of pyridine rings is 1. The Morgan fingerprint density at radius 3 is 2.65 bits per heavy atom. The average Bonchev–Trinajstić information content (AvgIpc) is 3.43. The number of amides is 1. The summed E-state index contributed by atoms with van der Waals surface area (Å²) in [5.74, 6) is -0.488. The van der Waals surface area contributed by atoms with Crippen LogP contribution in [0.3, 0.4) is 0 Å². The van der Waals surface area contributed by atoms with Gasteiger partial charge in [-0.2, -0.15) is 0 Å². The van der Waals surface area contributed by atoms with Gasteiger partial charge in [-0.05, 0) is 63.8 Å². The zero-order valence-corrected chi connectivity index (χ0v) is 22.8. The van der Waals surface area contributed by atoms with Crippen LogP contribution in [0.2, 0.25) is 0 Å². The van der Waals surface area contributed by atoms with Crippen LogP contribution in [-0.4, -0.2) is 50.0 Å². The molecule has 0 unspecified atom stereocenters. The molecule has 4 aromatic rings. The van der Waals surface area contributed by atoms with Crippen LogP contribution in [0.1, 0.15) is 55.6 Å². The summed E-state index contributed by atoms with van der Waals surface area (Å²) in [6.45, 7) is 4.01. The number of fused-ring (bicyclic) bond motifs is 1. The topological polar surface area (TPSA) is 144 Å². The molecular weight excluding hydrogens is 502 g/mol. The second kappa shape index (κ2) is 11.7. The first-order chi connectivity index (χ1) is 19.3. The van der Waals surface area contributed by atoms with E-state index >= 15 is 0 Å². The van der Waals surface area contributed by atoms with Crippen LogP contribution in [0.25, 0.3) is 33.3 Å². The maximum absolute atomic E-state index is 12.2. The van der Waals surface area contributed by atoms with E-state index in [9.17, 15) is 9.90 Å². The van der Waals surface area contributed by atoms with E-state index in [2.05, 4.69) is 15.3 Å². The van der Waals surface area contributed by atoms with Crippen molar-refractivity contribution < 1.29 is 9.90 Å². The number of aliphatic hydroxyl groups excluding tert-OH is 1. The third-order valence-electron chi connectivity index (χ3n) is 7.25. The fourth-order valence-electron chi connectivity index (χ4n) is 5.14. The Kier molecular flexibility index (Phi) is 7.93. The monoisotopic (exact) mass is 537 g/mol. The van der Waals surface area contributed by atoms with Crippen LogP contribution >= 0.6 is 0 Å². The van der Waals surface area contributed by atoms with Crippen molar-refractivity contribution in [2.24, 2.45) is 16.5 Å². The lowest BCUT2D eigenvalue weighted by molar-refractivity contribution is 0.100. The summed E-state index contributed by atoms with van der Waals surface area (Å²) >= 11 is 0. The lowest BCUT2D eigenvalue weighted by Crippen LogP contribution is -2.29. The Labute approximate surface area is 233 Å². The molecule has 0 bridgehead atoms. The average molecular weight is 538 g/mol. The molecule has 0 spiro atoms. The normalized spacial score (nSPS) is 18.1. The minimum absolute atomic E-state index is 0.157. The molecule has 9 nitrogen and oxygen atoms in total. The number of allylic oxidation sites excluding steroid dienone is 1.